The molecule has 4 aromatic rings. The van der Waals surface area contributed by atoms with Gasteiger partial charge in [0.2, 0.25) is 0 Å². The van der Waals surface area contributed by atoms with Gasteiger partial charge in [0.05, 0.1) is 0 Å². The molecule has 1 aliphatic carbocycles. The predicted octanol–water partition coefficient (Wildman–Crippen LogP) is 11.6. The van der Waals surface area contributed by atoms with Crippen LogP contribution in [0.2, 0.25) is 0 Å². The second kappa shape index (κ2) is 9.20. The van der Waals surface area contributed by atoms with Crippen molar-refractivity contribution in [1.29, 1.82) is 0 Å². The first-order valence-corrected chi connectivity index (χ1v) is 15.0. The Balaban J connectivity index is 2.32. The zero-order valence-corrected chi connectivity index (χ0v) is 28.0. The van der Waals surface area contributed by atoms with Crippen LogP contribution in [-0.2, 0) is 0 Å². The van der Waals surface area contributed by atoms with Gasteiger partial charge in [0.1, 0.15) is 0 Å². The van der Waals surface area contributed by atoms with Crippen molar-refractivity contribution in [1.82, 2.24) is 0 Å². The van der Waals surface area contributed by atoms with Gasteiger partial charge in [-0.25, -0.2) is 0 Å². The molecular formula is C40H48. The molecule has 0 heteroatoms. The first-order valence-electron chi connectivity index (χ1n) is 15.0. The molecule has 4 aromatic carbocycles. The molecule has 0 aliphatic heterocycles. The molecular weight excluding hydrogens is 480 g/mol. The molecule has 0 radical (unpaired) electrons. The third-order valence-electron chi connectivity index (χ3n) is 11.8. The Hall–Kier alpha value is -3.12. The second-order valence-electron chi connectivity index (χ2n) is 13.0. The molecule has 0 nitrogen and oxygen atoms in total. The van der Waals surface area contributed by atoms with Gasteiger partial charge in [-0.3, -0.25) is 0 Å². The lowest BCUT2D eigenvalue weighted by atomic mass is 9.68. The fourth-order valence-corrected chi connectivity index (χ4v) is 7.75. The Morgan fingerprint density at radius 1 is 0.125 bits per heavy atom. The van der Waals surface area contributed by atoms with Gasteiger partial charge in [-0.2, -0.15) is 0 Å². The normalized spacial score (nSPS) is 12.0. The zero-order valence-electron chi connectivity index (χ0n) is 28.0. The third kappa shape index (κ3) is 3.38. The lowest BCUT2D eigenvalue weighted by molar-refractivity contribution is 1.16. The number of rotatable bonds is 0. The van der Waals surface area contributed by atoms with E-state index >= 15 is 0 Å². The van der Waals surface area contributed by atoms with Crippen LogP contribution in [-0.4, -0.2) is 0 Å². The first-order chi connectivity index (χ1) is 18.6. The number of hydrogen-bond donors (Lipinski definition) is 0. The molecule has 208 valence electrons. The van der Waals surface area contributed by atoms with Crippen LogP contribution in [0.1, 0.15) is 89.0 Å². The van der Waals surface area contributed by atoms with Crippen molar-refractivity contribution in [2.45, 2.75) is 111 Å². The lowest BCUT2D eigenvalue weighted by Gasteiger charge is -2.35. The van der Waals surface area contributed by atoms with Crippen molar-refractivity contribution >= 4 is 0 Å². The van der Waals surface area contributed by atoms with E-state index in [2.05, 4.69) is 111 Å². The second-order valence-corrected chi connectivity index (χ2v) is 13.0. The van der Waals surface area contributed by atoms with Gasteiger partial charge in [0, 0.05) is 0 Å². The summed E-state index contributed by atoms with van der Waals surface area (Å²) in [6, 6.07) is 0. The molecule has 0 fully saturated rings. The van der Waals surface area contributed by atoms with Crippen LogP contribution in [0, 0.1) is 111 Å². The van der Waals surface area contributed by atoms with Crippen LogP contribution >= 0.6 is 0 Å². The highest BCUT2D eigenvalue weighted by molar-refractivity contribution is 6.10. The quantitative estimate of drug-likeness (QED) is 0.187. The van der Waals surface area contributed by atoms with Gasteiger partial charge in [-0.15, -0.1) is 0 Å². The fraction of sp³-hybridized carbons (Fsp3) is 0.400. The van der Waals surface area contributed by atoms with E-state index in [1.165, 1.54) is 134 Å². The highest BCUT2D eigenvalue weighted by atomic mass is 14.4. The molecule has 0 spiro atoms. The van der Waals surface area contributed by atoms with E-state index in [1.807, 2.05) is 0 Å². The average molecular weight is 529 g/mol. The van der Waals surface area contributed by atoms with Crippen molar-refractivity contribution in [3.8, 4) is 44.5 Å². The van der Waals surface area contributed by atoms with Gasteiger partial charge in [-0.05, 0) is 244 Å². The van der Waals surface area contributed by atoms with Crippen LogP contribution in [0.25, 0.3) is 44.5 Å². The van der Waals surface area contributed by atoms with E-state index < -0.39 is 0 Å². The molecule has 0 N–H and O–H groups in total. The molecule has 0 aromatic heterocycles. The van der Waals surface area contributed by atoms with Crippen molar-refractivity contribution < 1.29 is 0 Å². The van der Waals surface area contributed by atoms with Crippen LogP contribution in [0.4, 0.5) is 0 Å². The zero-order chi connectivity index (χ0) is 29.9. The summed E-state index contributed by atoms with van der Waals surface area (Å²) in [7, 11) is 0. The van der Waals surface area contributed by atoms with Gasteiger partial charge in [0.25, 0.3) is 0 Å². The molecule has 0 bridgehead atoms. The molecule has 0 amide bonds. The summed E-state index contributed by atoms with van der Waals surface area (Å²) >= 11 is 0. The van der Waals surface area contributed by atoms with Crippen LogP contribution in [0.15, 0.2) is 0 Å². The van der Waals surface area contributed by atoms with Gasteiger partial charge >= 0.3 is 0 Å². The van der Waals surface area contributed by atoms with E-state index in [9.17, 15) is 0 Å². The highest BCUT2D eigenvalue weighted by Crippen LogP contribution is 2.57. The monoisotopic (exact) mass is 528 g/mol. The number of benzene rings is 4. The van der Waals surface area contributed by atoms with E-state index in [0.717, 1.165) is 0 Å². The SMILES string of the molecule is Cc1c(C)c(C)c2c(c1C)-c1c(C)c(C)c(C)c(C)c1-c1c(C)c(C)c(C)c(C)c1-c1c(C)c(C)c(C)c(C)c1-2. The van der Waals surface area contributed by atoms with Gasteiger partial charge in [0.15, 0.2) is 0 Å². The molecule has 5 rings (SSSR count). The van der Waals surface area contributed by atoms with Crippen molar-refractivity contribution in [3.05, 3.63) is 89.0 Å². The summed E-state index contributed by atoms with van der Waals surface area (Å²) in [6.07, 6.45) is 0. The minimum atomic E-state index is 1.42. The van der Waals surface area contributed by atoms with Gasteiger partial charge < -0.3 is 0 Å². The summed E-state index contributed by atoms with van der Waals surface area (Å²) in [4.78, 5) is 0. The maximum atomic E-state index is 2.37. The van der Waals surface area contributed by atoms with E-state index in [1.54, 1.807) is 0 Å². The smallest absolute Gasteiger partial charge is 0.00612 e. The van der Waals surface area contributed by atoms with E-state index in [0.29, 0.717) is 0 Å². The lowest BCUT2D eigenvalue weighted by Crippen LogP contribution is -2.13. The summed E-state index contributed by atoms with van der Waals surface area (Å²) in [5.41, 5.74) is 34.4. The standard InChI is InChI=1S/C40H48/c1-17-18(2)26(10)34-33(25(17)9)35-27(11)19(3)20(4)29(13)37(35)39-31(15)23(7)24(8)32(16)40(39)38-30(14)22(6)21(5)28(12)36(34)38/h1-16H3. The maximum absolute atomic E-state index is 2.37. The minimum Gasteiger partial charge on any atom is -0.0443 e. The molecule has 40 heavy (non-hydrogen) atoms. The van der Waals surface area contributed by atoms with Crippen molar-refractivity contribution in [2.24, 2.45) is 0 Å². The fourth-order valence-electron chi connectivity index (χ4n) is 7.75. The minimum absolute atomic E-state index is 1.42. The summed E-state index contributed by atoms with van der Waals surface area (Å²) in [5, 5.41) is 0. The molecule has 0 heterocycles. The molecule has 0 saturated carbocycles. The molecule has 0 unspecified atom stereocenters. The molecule has 0 saturated heterocycles. The van der Waals surface area contributed by atoms with Crippen LogP contribution in [0.5, 0.6) is 0 Å². The first kappa shape index (κ1) is 28.4. The number of hydrogen-bond acceptors (Lipinski definition) is 0. The third-order valence-corrected chi connectivity index (χ3v) is 11.8. The average Bonchev–Trinajstić information content (AvgIpc) is 2.92. The van der Waals surface area contributed by atoms with E-state index in [4.69, 9.17) is 0 Å². The Kier molecular flexibility index (Phi) is 6.53. The summed E-state index contributed by atoms with van der Waals surface area (Å²) < 4.78 is 0. The molecule has 0 atom stereocenters. The topological polar surface area (TPSA) is 0 Å². The summed E-state index contributed by atoms with van der Waals surface area (Å²) in [5.74, 6) is 0. The Morgan fingerprint density at radius 3 is 0.275 bits per heavy atom. The Labute approximate surface area is 243 Å². The van der Waals surface area contributed by atoms with E-state index in [-0.39, 0.29) is 0 Å². The highest BCUT2D eigenvalue weighted by Gasteiger charge is 2.34. The van der Waals surface area contributed by atoms with Gasteiger partial charge in [-0.1, -0.05) is 0 Å². The van der Waals surface area contributed by atoms with Crippen molar-refractivity contribution in [2.75, 3.05) is 0 Å². The Morgan fingerprint density at radius 2 is 0.200 bits per heavy atom. The number of fused-ring (bicyclic) bond motifs is 8. The Bertz CT molecular complexity index is 1390. The maximum Gasteiger partial charge on any atom is -0.00612 e. The van der Waals surface area contributed by atoms with Crippen LogP contribution in [0.3, 0.4) is 0 Å². The van der Waals surface area contributed by atoms with Crippen molar-refractivity contribution in [3.63, 3.8) is 0 Å². The molecule has 1 aliphatic rings. The largest absolute Gasteiger partial charge is 0.0443 e. The predicted molar refractivity (Wildman–Crippen MR) is 178 cm³/mol. The van der Waals surface area contributed by atoms with Crippen LogP contribution < -0.4 is 0 Å². The summed E-state index contributed by atoms with van der Waals surface area (Å²) in [6.45, 7) is 37.6.